The molecule has 1 heterocycles. The summed E-state index contributed by atoms with van der Waals surface area (Å²) in [7, 11) is 0. The maximum atomic E-state index is 14.2. The lowest BCUT2D eigenvalue weighted by Crippen LogP contribution is -2.26. The molecule has 0 saturated carbocycles. The van der Waals surface area contributed by atoms with Gasteiger partial charge in [0.1, 0.15) is 11.6 Å². The van der Waals surface area contributed by atoms with E-state index in [1.807, 2.05) is 0 Å². The second-order valence-corrected chi connectivity index (χ2v) is 6.58. The normalized spacial score (nSPS) is 10.8. The third-order valence-corrected chi connectivity index (χ3v) is 4.59. The Labute approximate surface area is 173 Å². The van der Waals surface area contributed by atoms with Gasteiger partial charge in [0.2, 0.25) is 0 Å². The molecule has 0 spiro atoms. The summed E-state index contributed by atoms with van der Waals surface area (Å²) in [4.78, 5) is 37.2. The van der Waals surface area contributed by atoms with Crippen LogP contribution >= 0.6 is 0 Å². The van der Waals surface area contributed by atoms with Crippen LogP contribution in [0.3, 0.4) is 0 Å². The van der Waals surface area contributed by atoms with Crippen molar-refractivity contribution >= 4 is 28.3 Å². The number of carbonyl (C=O) groups excluding carboxylic acids is 2. The molecule has 0 fully saturated rings. The lowest BCUT2D eigenvalue weighted by Gasteiger charge is -2.12. The highest BCUT2D eigenvalue weighted by molar-refractivity contribution is 6.11. The first-order chi connectivity index (χ1) is 14.9. The molecule has 0 unspecified atom stereocenters. The first kappa shape index (κ1) is 19.9. The fourth-order valence-corrected chi connectivity index (χ4v) is 3.12. The second kappa shape index (κ2) is 7.79. The topological polar surface area (TPSA) is 107 Å². The van der Waals surface area contributed by atoms with Crippen LogP contribution < -0.4 is 16.6 Å². The van der Waals surface area contributed by atoms with Crippen LogP contribution in [-0.2, 0) is 0 Å². The molecule has 9 heteroatoms. The van der Waals surface area contributed by atoms with Gasteiger partial charge in [0.25, 0.3) is 17.4 Å². The number of aromatic nitrogens is 2. The van der Waals surface area contributed by atoms with Crippen LogP contribution in [0.1, 0.15) is 20.8 Å². The summed E-state index contributed by atoms with van der Waals surface area (Å²) < 4.78 is 29.0. The molecule has 0 aliphatic heterocycles. The largest absolute Gasteiger partial charge is 0.366 e. The lowest BCUT2D eigenvalue weighted by molar-refractivity contribution is 0.0991. The molecular weight excluding hydrogens is 406 g/mol. The molecule has 4 aromatic rings. The number of hydrogen-bond donors (Lipinski definition) is 2. The molecule has 0 aliphatic carbocycles. The monoisotopic (exact) mass is 420 g/mol. The predicted octanol–water partition coefficient (Wildman–Crippen LogP) is 3.02. The molecule has 0 aliphatic rings. The zero-order chi connectivity index (χ0) is 22.1. The van der Waals surface area contributed by atoms with Crippen LogP contribution in [0.15, 0.2) is 71.5 Å². The third-order valence-electron chi connectivity index (χ3n) is 4.59. The number of benzene rings is 3. The minimum absolute atomic E-state index is 0.164. The maximum Gasteiger partial charge on any atom is 0.279 e. The van der Waals surface area contributed by atoms with Gasteiger partial charge >= 0.3 is 0 Å². The number of amides is 2. The molecule has 0 radical (unpaired) electrons. The lowest BCUT2D eigenvalue weighted by atomic mass is 10.1. The number of carbonyl (C=O) groups is 2. The minimum atomic E-state index is -1.15. The van der Waals surface area contributed by atoms with Gasteiger partial charge in [0.15, 0.2) is 5.69 Å². The van der Waals surface area contributed by atoms with E-state index in [0.717, 1.165) is 10.7 Å². The van der Waals surface area contributed by atoms with Crippen molar-refractivity contribution < 1.29 is 18.4 Å². The van der Waals surface area contributed by atoms with Crippen molar-refractivity contribution in [3.05, 3.63) is 100.0 Å². The number of halogens is 2. The Bertz CT molecular complexity index is 1400. The van der Waals surface area contributed by atoms with Gasteiger partial charge in [-0.15, -0.1) is 0 Å². The van der Waals surface area contributed by atoms with E-state index >= 15 is 0 Å². The number of fused-ring (bicyclic) bond motifs is 1. The molecule has 0 bridgehead atoms. The summed E-state index contributed by atoms with van der Waals surface area (Å²) >= 11 is 0. The van der Waals surface area contributed by atoms with E-state index in [1.54, 1.807) is 48.5 Å². The minimum Gasteiger partial charge on any atom is -0.366 e. The molecule has 3 N–H and O–H groups in total. The van der Waals surface area contributed by atoms with Crippen molar-refractivity contribution in [2.75, 3.05) is 5.32 Å². The quantitative estimate of drug-likeness (QED) is 0.529. The first-order valence-electron chi connectivity index (χ1n) is 9.04. The predicted molar refractivity (Wildman–Crippen MR) is 110 cm³/mol. The molecule has 4 rings (SSSR count). The average Bonchev–Trinajstić information content (AvgIpc) is 2.76. The van der Waals surface area contributed by atoms with Crippen molar-refractivity contribution in [1.82, 2.24) is 9.78 Å². The van der Waals surface area contributed by atoms with Gasteiger partial charge in [-0.25, -0.2) is 8.78 Å². The number of nitrogens with two attached hydrogens (primary N) is 1. The number of anilines is 1. The number of nitrogens with one attached hydrogen (secondary N) is 1. The smallest absolute Gasteiger partial charge is 0.279 e. The Balaban J connectivity index is 1.86. The SMILES string of the molecule is NC(=O)c1cc(NC(=O)c2nn(-c3ccccc3)c(=O)c3ccccc23)c(F)cc1F. The van der Waals surface area contributed by atoms with E-state index in [-0.39, 0.29) is 16.5 Å². The van der Waals surface area contributed by atoms with Gasteiger partial charge < -0.3 is 11.1 Å². The van der Waals surface area contributed by atoms with Crippen molar-refractivity contribution in [3.8, 4) is 5.69 Å². The second-order valence-electron chi connectivity index (χ2n) is 6.58. The number of nitrogens with zero attached hydrogens (tertiary/aromatic N) is 2. The molecule has 1 aromatic heterocycles. The average molecular weight is 420 g/mol. The van der Waals surface area contributed by atoms with Gasteiger partial charge in [-0.3, -0.25) is 14.4 Å². The first-order valence-corrected chi connectivity index (χ1v) is 9.04. The van der Waals surface area contributed by atoms with E-state index in [1.165, 1.54) is 6.07 Å². The van der Waals surface area contributed by atoms with Crippen molar-refractivity contribution in [3.63, 3.8) is 0 Å². The van der Waals surface area contributed by atoms with E-state index in [9.17, 15) is 23.2 Å². The van der Waals surface area contributed by atoms with E-state index in [2.05, 4.69) is 10.4 Å². The summed E-state index contributed by atoms with van der Waals surface area (Å²) in [5.74, 6) is -4.23. The van der Waals surface area contributed by atoms with Crippen LogP contribution in [0.25, 0.3) is 16.5 Å². The van der Waals surface area contributed by atoms with Crippen LogP contribution in [0.5, 0.6) is 0 Å². The number of para-hydroxylation sites is 1. The number of hydrogen-bond acceptors (Lipinski definition) is 4. The van der Waals surface area contributed by atoms with Crippen molar-refractivity contribution in [1.29, 1.82) is 0 Å². The van der Waals surface area contributed by atoms with E-state index in [4.69, 9.17) is 5.73 Å². The van der Waals surface area contributed by atoms with Gasteiger partial charge in [-0.05, 0) is 24.3 Å². The highest BCUT2D eigenvalue weighted by Crippen LogP contribution is 2.22. The Morgan fingerprint density at radius 1 is 0.903 bits per heavy atom. The highest BCUT2D eigenvalue weighted by Gasteiger charge is 2.20. The molecular formula is C22H14F2N4O3. The molecule has 3 aromatic carbocycles. The zero-order valence-corrected chi connectivity index (χ0v) is 15.8. The highest BCUT2D eigenvalue weighted by atomic mass is 19.1. The molecule has 0 atom stereocenters. The molecule has 154 valence electrons. The van der Waals surface area contributed by atoms with Crippen LogP contribution in [0.2, 0.25) is 0 Å². The fourth-order valence-electron chi connectivity index (χ4n) is 3.12. The summed E-state index contributed by atoms with van der Waals surface area (Å²) in [5, 5.41) is 6.92. The number of rotatable bonds is 4. The molecule has 2 amide bonds. The van der Waals surface area contributed by atoms with Gasteiger partial charge in [0.05, 0.1) is 22.3 Å². The van der Waals surface area contributed by atoms with Crippen LogP contribution in [-0.4, -0.2) is 21.6 Å². The maximum absolute atomic E-state index is 14.2. The summed E-state index contributed by atoms with van der Waals surface area (Å²) in [6.45, 7) is 0. The van der Waals surface area contributed by atoms with Gasteiger partial charge in [0, 0.05) is 11.5 Å². The van der Waals surface area contributed by atoms with Crippen molar-refractivity contribution in [2.45, 2.75) is 0 Å². The molecule has 7 nitrogen and oxygen atoms in total. The third kappa shape index (κ3) is 3.64. The fraction of sp³-hybridized carbons (Fsp3) is 0. The van der Waals surface area contributed by atoms with Crippen LogP contribution in [0, 0.1) is 11.6 Å². The van der Waals surface area contributed by atoms with Crippen LogP contribution in [0.4, 0.5) is 14.5 Å². The van der Waals surface area contributed by atoms with Crippen molar-refractivity contribution in [2.24, 2.45) is 5.73 Å². The van der Waals surface area contributed by atoms with Gasteiger partial charge in [-0.1, -0.05) is 36.4 Å². The number of primary amides is 1. The summed E-state index contributed by atoms with van der Waals surface area (Å²) in [5.41, 5.74) is 3.87. The molecule has 31 heavy (non-hydrogen) atoms. The molecule has 0 saturated heterocycles. The Morgan fingerprint density at radius 2 is 1.55 bits per heavy atom. The van der Waals surface area contributed by atoms with E-state index in [0.29, 0.717) is 11.8 Å². The van der Waals surface area contributed by atoms with Gasteiger partial charge in [-0.2, -0.15) is 9.78 Å². The Hall–Kier alpha value is -4.40. The Morgan fingerprint density at radius 3 is 2.23 bits per heavy atom. The summed E-state index contributed by atoms with van der Waals surface area (Å²) in [6, 6.07) is 16.0. The standard InChI is InChI=1S/C22H14F2N4O3/c23-16-11-17(24)18(10-15(16)20(25)29)26-21(30)19-13-8-4-5-9-14(13)22(31)28(27-19)12-6-2-1-3-7-12/h1-11H,(H2,25,29)(H,26,30). The Kier molecular flexibility index (Phi) is 5.00. The van der Waals surface area contributed by atoms with E-state index < -0.39 is 40.3 Å². The summed E-state index contributed by atoms with van der Waals surface area (Å²) in [6.07, 6.45) is 0. The zero-order valence-electron chi connectivity index (χ0n) is 15.8.